The van der Waals surface area contributed by atoms with Crippen molar-refractivity contribution in [3.05, 3.63) is 0 Å². The van der Waals surface area contributed by atoms with Gasteiger partial charge < -0.3 is 10.2 Å². The largest absolute Gasteiger partial charge is 0.481 e. The Morgan fingerprint density at radius 3 is 2.32 bits per heavy atom. The van der Waals surface area contributed by atoms with E-state index in [1.165, 1.54) is 0 Å². The first-order chi connectivity index (χ1) is 8.64. The molecule has 2 fully saturated rings. The number of rotatable bonds is 3. The van der Waals surface area contributed by atoms with E-state index in [9.17, 15) is 19.8 Å². The first-order valence-corrected chi connectivity index (χ1v) is 7.11. The van der Waals surface area contributed by atoms with Crippen LogP contribution in [0.3, 0.4) is 0 Å². The van der Waals surface area contributed by atoms with Crippen LogP contribution in [0.15, 0.2) is 0 Å². The molecule has 0 aromatic carbocycles. The van der Waals surface area contributed by atoms with Gasteiger partial charge in [0.15, 0.2) is 0 Å². The molecular weight excluding hydrogens is 244 g/mol. The Hall–Kier alpha value is -1.06. The van der Waals surface area contributed by atoms with E-state index in [2.05, 4.69) is 6.92 Å². The number of hydrogen-bond donors (Lipinski definition) is 2. The third-order valence-corrected chi connectivity index (χ3v) is 5.70. The van der Waals surface area contributed by atoms with Crippen LogP contribution in [0.4, 0.5) is 0 Å². The number of aliphatic carboxylic acids is 2. The normalized spacial score (nSPS) is 38.8. The highest BCUT2D eigenvalue weighted by Gasteiger charge is 2.60. The summed E-state index contributed by atoms with van der Waals surface area (Å²) in [4.78, 5) is 23.4. The minimum atomic E-state index is -0.975. The molecule has 0 aromatic rings. The van der Waals surface area contributed by atoms with Gasteiger partial charge in [-0.05, 0) is 57.3 Å². The van der Waals surface area contributed by atoms with Crippen molar-refractivity contribution in [3.8, 4) is 0 Å². The van der Waals surface area contributed by atoms with Gasteiger partial charge >= 0.3 is 11.9 Å². The molecule has 2 N–H and O–H groups in total. The maximum atomic E-state index is 11.9. The molecule has 2 saturated carbocycles. The monoisotopic (exact) mass is 268 g/mol. The first-order valence-electron chi connectivity index (χ1n) is 7.11. The standard InChI is InChI=1S/C15H24O4/c1-13(2,11(16)17)10-5-8-14(3)6-4-7-15(10,9-14)12(18)19/h10H,4-9H2,1-3H3,(H,16,17)(H,18,19)/t10-,14-,15-/m0/s1. The maximum Gasteiger partial charge on any atom is 0.309 e. The summed E-state index contributed by atoms with van der Waals surface area (Å²) in [5, 5.41) is 19.2. The zero-order valence-electron chi connectivity index (χ0n) is 12.0. The Morgan fingerprint density at radius 1 is 1.16 bits per heavy atom. The second kappa shape index (κ2) is 4.22. The van der Waals surface area contributed by atoms with Crippen molar-refractivity contribution in [1.29, 1.82) is 0 Å². The quantitative estimate of drug-likeness (QED) is 0.824. The van der Waals surface area contributed by atoms with Gasteiger partial charge in [-0.25, -0.2) is 0 Å². The molecule has 0 amide bonds. The Kier molecular flexibility index (Phi) is 3.19. The summed E-state index contributed by atoms with van der Waals surface area (Å²) in [6, 6.07) is 0. The lowest BCUT2D eigenvalue weighted by Gasteiger charge is -2.56. The molecule has 4 heteroatoms. The van der Waals surface area contributed by atoms with E-state index in [1.54, 1.807) is 13.8 Å². The van der Waals surface area contributed by atoms with Crippen LogP contribution in [0.25, 0.3) is 0 Å². The van der Waals surface area contributed by atoms with E-state index in [-0.39, 0.29) is 11.3 Å². The van der Waals surface area contributed by atoms with Crippen molar-refractivity contribution < 1.29 is 19.8 Å². The molecule has 2 rings (SSSR count). The second-order valence-corrected chi connectivity index (χ2v) is 7.42. The minimum absolute atomic E-state index is 0.0850. The second-order valence-electron chi connectivity index (χ2n) is 7.42. The van der Waals surface area contributed by atoms with Crippen molar-refractivity contribution in [3.63, 3.8) is 0 Å². The van der Waals surface area contributed by atoms with E-state index < -0.39 is 22.8 Å². The molecule has 0 radical (unpaired) electrons. The molecular formula is C15H24O4. The van der Waals surface area contributed by atoms with E-state index in [0.29, 0.717) is 19.3 Å². The van der Waals surface area contributed by atoms with Crippen LogP contribution in [0.5, 0.6) is 0 Å². The van der Waals surface area contributed by atoms with Crippen molar-refractivity contribution >= 4 is 11.9 Å². The van der Waals surface area contributed by atoms with Crippen molar-refractivity contribution in [2.75, 3.05) is 0 Å². The summed E-state index contributed by atoms with van der Waals surface area (Å²) < 4.78 is 0. The average molecular weight is 268 g/mol. The summed E-state index contributed by atoms with van der Waals surface area (Å²) in [6.45, 7) is 5.53. The number of carbonyl (C=O) groups is 2. The van der Waals surface area contributed by atoms with Crippen LogP contribution in [0, 0.1) is 22.2 Å². The van der Waals surface area contributed by atoms with Crippen LogP contribution in [-0.4, -0.2) is 22.2 Å². The van der Waals surface area contributed by atoms with Gasteiger partial charge in [0.2, 0.25) is 0 Å². The summed E-state index contributed by atoms with van der Waals surface area (Å²) in [5.41, 5.74) is -1.73. The highest BCUT2D eigenvalue weighted by atomic mass is 16.4. The van der Waals surface area contributed by atoms with E-state index in [0.717, 1.165) is 19.3 Å². The molecule has 4 nitrogen and oxygen atoms in total. The molecule has 108 valence electrons. The van der Waals surface area contributed by atoms with Gasteiger partial charge in [-0.3, -0.25) is 9.59 Å². The topological polar surface area (TPSA) is 74.6 Å². The van der Waals surface area contributed by atoms with Crippen LogP contribution in [0.2, 0.25) is 0 Å². The van der Waals surface area contributed by atoms with Gasteiger partial charge in [-0.2, -0.15) is 0 Å². The molecule has 0 unspecified atom stereocenters. The lowest BCUT2D eigenvalue weighted by Crippen LogP contribution is -2.55. The number of carboxylic acid groups (broad SMARTS) is 2. The molecule has 0 heterocycles. The number of hydrogen-bond acceptors (Lipinski definition) is 2. The van der Waals surface area contributed by atoms with Gasteiger partial charge in [0.1, 0.15) is 0 Å². The van der Waals surface area contributed by atoms with Gasteiger partial charge in [0.05, 0.1) is 10.8 Å². The van der Waals surface area contributed by atoms with Gasteiger partial charge in [0, 0.05) is 0 Å². The Balaban J connectivity index is 2.44. The lowest BCUT2D eigenvalue weighted by atomic mass is 9.47. The molecule has 0 saturated heterocycles. The van der Waals surface area contributed by atoms with Gasteiger partial charge in [-0.15, -0.1) is 0 Å². The van der Waals surface area contributed by atoms with Gasteiger partial charge in [-0.1, -0.05) is 13.3 Å². The predicted octanol–water partition coefficient (Wildman–Crippen LogP) is 3.16. The van der Waals surface area contributed by atoms with E-state index >= 15 is 0 Å². The fraction of sp³-hybridized carbons (Fsp3) is 0.867. The van der Waals surface area contributed by atoms with E-state index in [1.807, 2.05) is 0 Å². The van der Waals surface area contributed by atoms with Crippen molar-refractivity contribution in [2.24, 2.45) is 22.2 Å². The predicted molar refractivity (Wildman–Crippen MR) is 70.8 cm³/mol. The third kappa shape index (κ3) is 2.05. The van der Waals surface area contributed by atoms with Crippen LogP contribution >= 0.6 is 0 Å². The van der Waals surface area contributed by atoms with Crippen molar-refractivity contribution in [1.82, 2.24) is 0 Å². The summed E-state index contributed by atoms with van der Waals surface area (Å²) in [6.07, 6.45) is 4.89. The molecule has 2 aliphatic rings. The lowest BCUT2D eigenvalue weighted by molar-refractivity contribution is -0.179. The molecule has 2 bridgehead atoms. The molecule has 0 spiro atoms. The highest BCUT2D eigenvalue weighted by molar-refractivity contribution is 5.80. The minimum Gasteiger partial charge on any atom is -0.481 e. The third-order valence-electron chi connectivity index (χ3n) is 5.70. The Morgan fingerprint density at radius 2 is 1.79 bits per heavy atom. The van der Waals surface area contributed by atoms with Crippen molar-refractivity contribution in [2.45, 2.75) is 59.3 Å². The molecule has 3 atom stereocenters. The van der Waals surface area contributed by atoms with Crippen LogP contribution in [-0.2, 0) is 9.59 Å². The average Bonchev–Trinajstić information content (AvgIpc) is 2.27. The van der Waals surface area contributed by atoms with Crippen LogP contribution < -0.4 is 0 Å². The zero-order chi connectivity index (χ0) is 14.5. The summed E-state index contributed by atoms with van der Waals surface area (Å²) >= 11 is 0. The number of fused-ring (bicyclic) bond motifs is 2. The SMILES string of the molecule is CC(C)(C(=O)O)[C@@H]1CC[C@]2(C)CCC[C@]1(C(=O)O)C2. The zero-order valence-corrected chi connectivity index (χ0v) is 12.0. The van der Waals surface area contributed by atoms with Crippen LogP contribution in [0.1, 0.15) is 59.3 Å². The smallest absolute Gasteiger partial charge is 0.309 e. The number of carboxylic acids is 2. The molecule has 19 heavy (non-hydrogen) atoms. The highest BCUT2D eigenvalue weighted by Crippen LogP contribution is 2.62. The molecule has 0 aromatic heterocycles. The summed E-state index contributed by atoms with van der Waals surface area (Å²) in [5.74, 6) is -1.95. The van der Waals surface area contributed by atoms with Gasteiger partial charge in [0.25, 0.3) is 0 Å². The summed E-state index contributed by atoms with van der Waals surface area (Å²) in [7, 11) is 0. The first kappa shape index (κ1) is 14.4. The molecule has 2 aliphatic carbocycles. The Bertz CT molecular complexity index is 414. The fourth-order valence-corrected chi connectivity index (χ4v) is 4.58. The van der Waals surface area contributed by atoms with E-state index in [4.69, 9.17) is 0 Å². The molecule has 0 aliphatic heterocycles. The fourth-order valence-electron chi connectivity index (χ4n) is 4.58. The Labute approximate surface area is 114 Å². The maximum absolute atomic E-state index is 11.9.